The third kappa shape index (κ3) is 13.0. The predicted octanol–water partition coefficient (Wildman–Crippen LogP) is 5.15. The average Bonchev–Trinajstić information content (AvgIpc) is 2.92. The van der Waals surface area contributed by atoms with Gasteiger partial charge in [0.1, 0.15) is 17.9 Å². The van der Waals surface area contributed by atoms with Crippen LogP contribution < -0.4 is 10.6 Å². The lowest BCUT2D eigenvalue weighted by Crippen LogP contribution is -2.43. The molecule has 1 aromatic rings. The van der Waals surface area contributed by atoms with Crippen molar-refractivity contribution in [3.63, 3.8) is 0 Å². The number of methoxy groups -OCH3 is 1. The molecule has 0 saturated carbocycles. The summed E-state index contributed by atoms with van der Waals surface area (Å²) in [6.45, 7) is 9.11. The highest BCUT2D eigenvalue weighted by Gasteiger charge is 2.29. The van der Waals surface area contributed by atoms with Gasteiger partial charge >= 0.3 is 5.97 Å². The van der Waals surface area contributed by atoms with Gasteiger partial charge in [-0.25, -0.2) is 4.79 Å². The fourth-order valence-electron chi connectivity index (χ4n) is 4.68. The number of hydrogen-bond acceptors (Lipinski definition) is 7. The Labute approximate surface area is 255 Å². The van der Waals surface area contributed by atoms with Crippen molar-refractivity contribution < 1.29 is 34.1 Å². The molecule has 2 bridgehead atoms. The van der Waals surface area contributed by atoms with E-state index in [0.717, 1.165) is 11.1 Å². The number of aryl methyl sites for hydroxylation is 1. The Hall–Kier alpha value is -3.69. The summed E-state index contributed by atoms with van der Waals surface area (Å²) < 4.78 is 11.3. The zero-order chi connectivity index (χ0) is 31.9. The van der Waals surface area contributed by atoms with Crippen molar-refractivity contribution in [3.05, 3.63) is 71.9 Å². The molecule has 4 N–H and O–H groups in total. The first-order valence-corrected chi connectivity index (χ1v) is 14.9. The third-order valence-electron chi connectivity index (χ3n) is 7.16. The van der Waals surface area contributed by atoms with Crippen LogP contribution in [-0.4, -0.2) is 59.5 Å². The minimum Gasteiger partial charge on any atom is -0.508 e. The molecule has 9 nitrogen and oxygen atoms in total. The number of allylic oxidation sites excluding steroid dienone is 5. The second-order valence-corrected chi connectivity index (χ2v) is 11.5. The van der Waals surface area contributed by atoms with Gasteiger partial charge in [-0.2, -0.15) is 0 Å². The Morgan fingerprint density at radius 1 is 1.12 bits per heavy atom. The van der Waals surface area contributed by atoms with Gasteiger partial charge < -0.3 is 30.3 Å². The Bertz CT molecular complexity index is 1200. The van der Waals surface area contributed by atoms with Crippen LogP contribution >= 0.6 is 0 Å². The zero-order valence-electron chi connectivity index (χ0n) is 26.2. The van der Waals surface area contributed by atoms with E-state index >= 15 is 0 Å². The number of benzene rings is 1. The highest BCUT2D eigenvalue weighted by atomic mass is 16.5. The molecule has 1 heterocycles. The molecule has 0 spiro atoms. The van der Waals surface area contributed by atoms with E-state index in [9.17, 15) is 24.6 Å². The van der Waals surface area contributed by atoms with Gasteiger partial charge in [0.05, 0.1) is 18.6 Å². The van der Waals surface area contributed by atoms with Crippen molar-refractivity contribution in [3.8, 4) is 5.75 Å². The number of aliphatic hydroxyl groups excluding tert-OH is 1. The SMILES string of the molecule is CO[C@H]1C=CC=CC=CC[C@@H](OC(=O)[C@H](C)NC(=O)CC(C)C)[C@@H](C)[C@H](O)C(C)=CCCc2cc(O)cc(c2)NC(=O)C1. The number of aliphatic hydroxyl groups is 1. The Balaban J connectivity index is 2.30. The van der Waals surface area contributed by atoms with Crippen LogP contribution in [0.3, 0.4) is 0 Å². The number of carbonyl (C=O) groups excluding carboxylic acids is 3. The van der Waals surface area contributed by atoms with E-state index in [4.69, 9.17) is 9.47 Å². The fourth-order valence-corrected chi connectivity index (χ4v) is 4.68. The van der Waals surface area contributed by atoms with Gasteiger partial charge in [-0.1, -0.05) is 63.3 Å². The van der Waals surface area contributed by atoms with E-state index in [2.05, 4.69) is 10.6 Å². The molecule has 0 aliphatic carbocycles. The Morgan fingerprint density at radius 2 is 1.84 bits per heavy atom. The standard InChI is InChI=1S/C34H48N2O7/c1-22(2)17-31(38)35-25(5)34(41)43-30-16-11-9-7-8-10-15-29(42-6)21-32(39)36-27-18-26(19-28(37)20-27)14-12-13-23(3)33(40)24(30)4/h7-11,13,15,18-20,22,24-25,29-30,33,37,40H,12,14,16-17,21H2,1-6H3,(H,35,38)(H,36,39)/t24-,25+,29+,30-,33-/m1/s1. The van der Waals surface area contributed by atoms with Crippen LogP contribution in [0.1, 0.15) is 65.9 Å². The third-order valence-corrected chi connectivity index (χ3v) is 7.16. The molecule has 9 heteroatoms. The van der Waals surface area contributed by atoms with Crippen molar-refractivity contribution in [1.82, 2.24) is 5.32 Å². The summed E-state index contributed by atoms with van der Waals surface area (Å²) in [6.07, 6.45) is 12.7. The number of ether oxygens (including phenoxy) is 2. The maximum absolute atomic E-state index is 12.9. The number of anilines is 1. The van der Waals surface area contributed by atoms with Gasteiger partial charge in [-0.05, 0) is 55.9 Å². The molecule has 43 heavy (non-hydrogen) atoms. The summed E-state index contributed by atoms with van der Waals surface area (Å²) in [7, 11) is 1.53. The van der Waals surface area contributed by atoms with Crippen LogP contribution in [0.4, 0.5) is 5.69 Å². The van der Waals surface area contributed by atoms with E-state index in [1.165, 1.54) is 13.2 Å². The first kappa shape index (κ1) is 35.5. The summed E-state index contributed by atoms with van der Waals surface area (Å²) in [5.74, 6) is -1.26. The van der Waals surface area contributed by atoms with E-state index in [1.807, 2.05) is 52.0 Å². The average molecular weight is 597 g/mol. The lowest BCUT2D eigenvalue weighted by atomic mass is 9.90. The summed E-state index contributed by atoms with van der Waals surface area (Å²) in [4.78, 5) is 37.7. The van der Waals surface area contributed by atoms with Crippen molar-refractivity contribution in [2.24, 2.45) is 11.8 Å². The monoisotopic (exact) mass is 596 g/mol. The number of phenolic OH excluding ortho intramolecular Hbond substituents is 1. The number of fused-ring (bicyclic) bond motifs is 2. The van der Waals surface area contributed by atoms with Crippen LogP contribution in [0, 0.1) is 11.8 Å². The molecule has 1 aliphatic rings. The summed E-state index contributed by atoms with van der Waals surface area (Å²) in [6, 6.07) is 4.12. The molecule has 236 valence electrons. The molecule has 0 saturated heterocycles. The quantitative estimate of drug-likeness (QED) is 0.264. The van der Waals surface area contributed by atoms with Crippen LogP contribution in [-0.2, 0) is 30.3 Å². The maximum Gasteiger partial charge on any atom is 0.328 e. The minimum atomic E-state index is -0.880. The summed E-state index contributed by atoms with van der Waals surface area (Å²) in [5, 5.41) is 26.9. The van der Waals surface area contributed by atoms with Crippen molar-refractivity contribution in [1.29, 1.82) is 0 Å². The molecule has 2 amide bonds. The van der Waals surface area contributed by atoms with Gasteiger partial charge in [0.25, 0.3) is 0 Å². The van der Waals surface area contributed by atoms with Crippen LogP contribution in [0.2, 0.25) is 0 Å². The number of rotatable bonds is 6. The maximum atomic E-state index is 12.9. The summed E-state index contributed by atoms with van der Waals surface area (Å²) >= 11 is 0. The highest BCUT2D eigenvalue weighted by Crippen LogP contribution is 2.24. The van der Waals surface area contributed by atoms with E-state index < -0.39 is 36.2 Å². The number of nitrogens with one attached hydrogen (secondary N) is 2. The predicted molar refractivity (Wildman–Crippen MR) is 168 cm³/mol. The lowest BCUT2D eigenvalue weighted by Gasteiger charge is -2.29. The minimum absolute atomic E-state index is 0.0423. The molecule has 0 aromatic heterocycles. The lowest BCUT2D eigenvalue weighted by molar-refractivity contribution is -0.156. The van der Waals surface area contributed by atoms with Crippen LogP contribution in [0.5, 0.6) is 5.75 Å². The molecule has 0 fully saturated rings. The molecule has 2 rings (SSSR count). The van der Waals surface area contributed by atoms with Crippen molar-refractivity contribution in [2.45, 2.75) is 91.1 Å². The largest absolute Gasteiger partial charge is 0.508 e. The topological polar surface area (TPSA) is 134 Å². The molecule has 1 aromatic carbocycles. The fraction of sp³-hybridized carbons (Fsp3) is 0.500. The number of aromatic hydroxyl groups is 1. The molecule has 0 unspecified atom stereocenters. The molecule has 0 radical (unpaired) electrons. The number of carbonyl (C=O) groups is 3. The van der Waals surface area contributed by atoms with E-state index in [0.29, 0.717) is 31.4 Å². The van der Waals surface area contributed by atoms with Crippen molar-refractivity contribution in [2.75, 3.05) is 12.4 Å². The van der Waals surface area contributed by atoms with Gasteiger partial charge in [0.15, 0.2) is 0 Å². The second-order valence-electron chi connectivity index (χ2n) is 11.5. The Kier molecular flexibility index (Phi) is 14.9. The smallest absolute Gasteiger partial charge is 0.328 e. The van der Waals surface area contributed by atoms with Gasteiger partial charge in [-0.15, -0.1) is 0 Å². The first-order chi connectivity index (χ1) is 20.4. The molecular weight excluding hydrogens is 548 g/mol. The van der Waals surface area contributed by atoms with Gasteiger partial charge in [0.2, 0.25) is 11.8 Å². The van der Waals surface area contributed by atoms with E-state index in [-0.39, 0.29) is 29.9 Å². The van der Waals surface area contributed by atoms with E-state index in [1.54, 1.807) is 37.3 Å². The highest BCUT2D eigenvalue weighted by molar-refractivity contribution is 5.91. The molecule has 5 atom stereocenters. The van der Waals surface area contributed by atoms with Gasteiger partial charge in [0, 0.05) is 37.6 Å². The normalized spacial score (nSPS) is 23.1. The van der Waals surface area contributed by atoms with Crippen LogP contribution in [0.15, 0.2) is 66.3 Å². The Morgan fingerprint density at radius 3 is 2.53 bits per heavy atom. The number of esters is 1. The summed E-state index contributed by atoms with van der Waals surface area (Å²) in [5.41, 5.74) is 2.04. The van der Waals surface area contributed by atoms with Gasteiger partial charge in [-0.3, -0.25) is 9.59 Å². The zero-order valence-corrected chi connectivity index (χ0v) is 26.2. The number of phenols is 1. The number of amides is 2. The molecular formula is C34H48N2O7. The first-order valence-electron chi connectivity index (χ1n) is 14.9. The van der Waals surface area contributed by atoms with Crippen molar-refractivity contribution >= 4 is 23.5 Å². The second kappa shape index (κ2) is 18.1. The van der Waals surface area contributed by atoms with Crippen LogP contribution in [0.25, 0.3) is 0 Å². The molecule has 1 aliphatic heterocycles. The number of hydrogen-bond donors (Lipinski definition) is 4.